The van der Waals surface area contributed by atoms with Gasteiger partial charge >= 0.3 is 5.97 Å². The minimum absolute atomic E-state index is 0.108. The van der Waals surface area contributed by atoms with Crippen molar-refractivity contribution in [2.75, 3.05) is 6.61 Å². The summed E-state index contributed by atoms with van der Waals surface area (Å²) >= 11 is 0. The summed E-state index contributed by atoms with van der Waals surface area (Å²) < 4.78 is 10.3. The van der Waals surface area contributed by atoms with Gasteiger partial charge in [-0.2, -0.15) is 0 Å². The van der Waals surface area contributed by atoms with Gasteiger partial charge in [-0.05, 0) is 6.92 Å². The number of hydrogen-bond donors (Lipinski definition) is 0. The van der Waals surface area contributed by atoms with Crippen LogP contribution in [0.5, 0.6) is 0 Å². The minimum Gasteiger partial charge on any atom is -0.462 e. The van der Waals surface area contributed by atoms with Crippen molar-refractivity contribution in [3.8, 4) is 11.3 Å². The first-order valence-corrected chi connectivity index (χ1v) is 5.57. The number of carbonyl (C=O) groups is 2. The second kappa shape index (κ2) is 5.31. The number of hydrogen-bond acceptors (Lipinski definition) is 4. The van der Waals surface area contributed by atoms with E-state index in [4.69, 9.17) is 9.15 Å². The van der Waals surface area contributed by atoms with E-state index in [0.717, 1.165) is 5.56 Å². The maximum absolute atomic E-state index is 11.8. The molecule has 1 heterocycles. The number of aldehydes is 1. The SMILES string of the molecule is CCOC(=O)c1cc(C=O)oc1-c1ccccc1. The van der Waals surface area contributed by atoms with Gasteiger partial charge in [-0.1, -0.05) is 30.3 Å². The minimum atomic E-state index is -0.492. The van der Waals surface area contributed by atoms with Gasteiger partial charge in [0, 0.05) is 11.6 Å². The van der Waals surface area contributed by atoms with Crippen molar-refractivity contribution in [3.05, 3.63) is 47.7 Å². The van der Waals surface area contributed by atoms with E-state index < -0.39 is 5.97 Å². The Morgan fingerprint density at radius 1 is 1.33 bits per heavy atom. The molecule has 1 aromatic heterocycles. The van der Waals surface area contributed by atoms with Crippen LogP contribution < -0.4 is 0 Å². The number of benzene rings is 1. The Labute approximate surface area is 104 Å². The molecule has 2 rings (SSSR count). The van der Waals surface area contributed by atoms with Crippen molar-refractivity contribution in [2.24, 2.45) is 0 Å². The Morgan fingerprint density at radius 3 is 2.67 bits per heavy atom. The summed E-state index contributed by atoms with van der Waals surface area (Å²) in [4.78, 5) is 22.5. The van der Waals surface area contributed by atoms with Gasteiger partial charge in [0.1, 0.15) is 11.3 Å². The molecule has 4 nitrogen and oxygen atoms in total. The van der Waals surface area contributed by atoms with Crippen LogP contribution in [0.2, 0.25) is 0 Å². The van der Waals surface area contributed by atoms with Crippen LogP contribution in [0.1, 0.15) is 27.8 Å². The first-order chi connectivity index (χ1) is 8.76. The van der Waals surface area contributed by atoms with Crippen molar-refractivity contribution in [1.29, 1.82) is 0 Å². The maximum Gasteiger partial charge on any atom is 0.342 e. The summed E-state index contributed by atoms with van der Waals surface area (Å²) in [6.07, 6.45) is 0.565. The topological polar surface area (TPSA) is 56.5 Å². The first kappa shape index (κ1) is 12.1. The molecule has 0 amide bonds. The maximum atomic E-state index is 11.8. The van der Waals surface area contributed by atoms with E-state index in [0.29, 0.717) is 12.0 Å². The summed E-state index contributed by atoms with van der Waals surface area (Å²) in [6, 6.07) is 10.5. The molecule has 0 aliphatic carbocycles. The van der Waals surface area contributed by atoms with E-state index in [2.05, 4.69) is 0 Å². The van der Waals surface area contributed by atoms with Crippen LogP contribution in [0.15, 0.2) is 40.8 Å². The van der Waals surface area contributed by atoms with Gasteiger partial charge in [-0.3, -0.25) is 4.79 Å². The summed E-state index contributed by atoms with van der Waals surface area (Å²) in [5.74, 6) is -0.0266. The van der Waals surface area contributed by atoms with Crippen molar-refractivity contribution in [2.45, 2.75) is 6.92 Å². The van der Waals surface area contributed by atoms with Gasteiger partial charge in [0.05, 0.1) is 6.61 Å². The molecule has 0 fully saturated rings. The Kier molecular flexibility index (Phi) is 3.57. The smallest absolute Gasteiger partial charge is 0.342 e. The lowest BCUT2D eigenvalue weighted by molar-refractivity contribution is 0.0526. The molecular weight excluding hydrogens is 232 g/mol. The molecule has 92 valence electrons. The van der Waals surface area contributed by atoms with Gasteiger partial charge < -0.3 is 9.15 Å². The number of rotatable bonds is 4. The summed E-state index contributed by atoms with van der Waals surface area (Å²) in [5.41, 5.74) is 0.999. The largest absolute Gasteiger partial charge is 0.462 e. The highest BCUT2D eigenvalue weighted by atomic mass is 16.5. The van der Waals surface area contributed by atoms with Crippen LogP contribution >= 0.6 is 0 Å². The second-order valence-corrected chi connectivity index (χ2v) is 3.60. The lowest BCUT2D eigenvalue weighted by atomic mass is 10.1. The monoisotopic (exact) mass is 244 g/mol. The standard InChI is InChI=1S/C14H12O4/c1-2-17-14(16)12-8-11(9-15)18-13(12)10-6-4-3-5-7-10/h3-9H,2H2,1H3. The Balaban J connectivity index is 2.49. The molecule has 0 spiro atoms. The van der Waals surface area contributed by atoms with E-state index in [1.165, 1.54) is 6.07 Å². The molecule has 0 saturated carbocycles. The average molecular weight is 244 g/mol. The normalized spacial score (nSPS) is 10.1. The first-order valence-electron chi connectivity index (χ1n) is 5.57. The second-order valence-electron chi connectivity index (χ2n) is 3.60. The van der Waals surface area contributed by atoms with Gasteiger partial charge in [-0.15, -0.1) is 0 Å². The van der Waals surface area contributed by atoms with E-state index in [1.807, 2.05) is 18.2 Å². The molecule has 0 bridgehead atoms. The molecule has 2 aromatic rings. The van der Waals surface area contributed by atoms with Crippen LogP contribution in [0.4, 0.5) is 0 Å². The van der Waals surface area contributed by atoms with Crippen molar-refractivity contribution >= 4 is 12.3 Å². The number of esters is 1. The number of furan rings is 1. The highest BCUT2D eigenvalue weighted by Gasteiger charge is 2.19. The predicted octanol–water partition coefficient (Wildman–Crippen LogP) is 2.94. The van der Waals surface area contributed by atoms with Gasteiger partial charge in [0.2, 0.25) is 0 Å². The molecular formula is C14H12O4. The fourth-order valence-corrected chi connectivity index (χ4v) is 1.63. The average Bonchev–Trinajstić information content (AvgIpc) is 2.84. The van der Waals surface area contributed by atoms with Gasteiger partial charge in [-0.25, -0.2) is 4.79 Å². The van der Waals surface area contributed by atoms with Gasteiger partial charge in [0.25, 0.3) is 0 Å². The fourth-order valence-electron chi connectivity index (χ4n) is 1.63. The van der Waals surface area contributed by atoms with Crippen molar-refractivity contribution in [1.82, 2.24) is 0 Å². The molecule has 18 heavy (non-hydrogen) atoms. The lowest BCUT2D eigenvalue weighted by Gasteiger charge is -2.02. The van der Waals surface area contributed by atoms with Crippen LogP contribution in [-0.4, -0.2) is 18.9 Å². The van der Waals surface area contributed by atoms with Gasteiger partial charge in [0.15, 0.2) is 12.0 Å². The quantitative estimate of drug-likeness (QED) is 0.613. The van der Waals surface area contributed by atoms with E-state index in [1.54, 1.807) is 19.1 Å². The van der Waals surface area contributed by atoms with Crippen LogP contribution in [0.25, 0.3) is 11.3 Å². The van der Waals surface area contributed by atoms with Crippen LogP contribution in [0, 0.1) is 0 Å². The Morgan fingerprint density at radius 2 is 2.06 bits per heavy atom. The Bertz CT molecular complexity index is 554. The van der Waals surface area contributed by atoms with Crippen molar-refractivity contribution in [3.63, 3.8) is 0 Å². The predicted molar refractivity (Wildman–Crippen MR) is 65.5 cm³/mol. The van der Waals surface area contributed by atoms with E-state index >= 15 is 0 Å². The highest BCUT2D eigenvalue weighted by Crippen LogP contribution is 2.27. The molecule has 1 aromatic carbocycles. The zero-order chi connectivity index (χ0) is 13.0. The van der Waals surface area contributed by atoms with Crippen LogP contribution in [0.3, 0.4) is 0 Å². The lowest BCUT2D eigenvalue weighted by Crippen LogP contribution is -2.04. The third-order valence-electron chi connectivity index (χ3n) is 2.40. The molecule has 0 atom stereocenters. The summed E-state index contributed by atoms with van der Waals surface area (Å²) in [6.45, 7) is 2.00. The molecule has 0 N–H and O–H groups in total. The fraction of sp³-hybridized carbons (Fsp3) is 0.143. The number of carbonyl (C=O) groups excluding carboxylic acids is 2. The van der Waals surface area contributed by atoms with E-state index in [9.17, 15) is 9.59 Å². The molecule has 0 aliphatic rings. The summed E-state index contributed by atoms with van der Waals surface area (Å²) in [7, 11) is 0. The molecule has 4 heteroatoms. The molecule has 0 aliphatic heterocycles. The zero-order valence-electron chi connectivity index (χ0n) is 9.88. The number of ether oxygens (including phenoxy) is 1. The third-order valence-corrected chi connectivity index (χ3v) is 2.40. The molecule has 0 unspecified atom stereocenters. The highest BCUT2D eigenvalue weighted by molar-refractivity contribution is 5.97. The summed E-state index contributed by atoms with van der Waals surface area (Å²) in [5, 5.41) is 0. The Hall–Kier alpha value is -2.36. The third kappa shape index (κ3) is 2.32. The molecule has 0 saturated heterocycles. The zero-order valence-corrected chi connectivity index (χ0v) is 9.88. The van der Waals surface area contributed by atoms with Crippen LogP contribution in [-0.2, 0) is 4.74 Å². The van der Waals surface area contributed by atoms with E-state index in [-0.39, 0.29) is 17.9 Å². The van der Waals surface area contributed by atoms with Crippen molar-refractivity contribution < 1.29 is 18.7 Å². The molecule has 0 radical (unpaired) electrons.